The quantitative estimate of drug-likeness (QED) is 0.0426. The number of nitrogens with zero attached hydrogens (tertiary/aromatic N) is 2. The molecule has 256 valence electrons. The van der Waals surface area contributed by atoms with Gasteiger partial charge >= 0.3 is 11.9 Å². The molecule has 0 amide bonds. The molecule has 0 radical (unpaired) electrons. The topological polar surface area (TPSA) is 174 Å². The minimum Gasteiger partial charge on any atom is -0.481 e. The van der Waals surface area contributed by atoms with Crippen molar-refractivity contribution in [2.75, 3.05) is 18.0 Å². The molecule has 0 bridgehead atoms. The van der Waals surface area contributed by atoms with Crippen LogP contribution in [-0.4, -0.2) is 63.8 Å². The summed E-state index contributed by atoms with van der Waals surface area (Å²) in [5, 5.41) is 31.0. The third-order valence-electron chi connectivity index (χ3n) is 8.51. The Hall–Kier alpha value is -4.05. The highest BCUT2D eigenvalue weighted by molar-refractivity contribution is 7.94. The van der Waals surface area contributed by atoms with Crippen LogP contribution in [0.25, 0.3) is 0 Å². The summed E-state index contributed by atoms with van der Waals surface area (Å²) in [6, 6.07) is 9.90. The summed E-state index contributed by atoms with van der Waals surface area (Å²) in [7, 11) is -4.43. The van der Waals surface area contributed by atoms with E-state index in [0.29, 0.717) is 16.1 Å². The third kappa shape index (κ3) is 7.97. The van der Waals surface area contributed by atoms with Crippen molar-refractivity contribution in [2.45, 2.75) is 68.1 Å². The number of carboxylic acids is 2. The Bertz CT molecular complexity index is 1870. The largest absolute Gasteiger partial charge is 0.481 e. The lowest BCUT2D eigenvalue weighted by atomic mass is 9.81. The standard InChI is InChI=1S/C34H38N2O10S2/c1-22(8-6-10-29-33(2,3)25-20-23(47-46-45-41)12-14-27(25)35(29)18-16-31(37)38)9-7-11-30-34(4,5)26-21-24(48(42,43)44)13-15-28(26)36(30)19-17-32(39)40/h6-15,20-21H,16-19H2,1-5H3,(H3-,37,38,39,40,41,42,43,44)/p+1. The van der Waals surface area contributed by atoms with E-state index in [9.17, 15) is 32.8 Å². The molecule has 0 spiro atoms. The Labute approximate surface area is 283 Å². The lowest BCUT2D eigenvalue weighted by Crippen LogP contribution is -2.28. The summed E-state index contributed by atoms with van der Waals surface area (Å²) < 4.78 is 39.9. The molecule has 14 heteroatoms. The van der Waals surface area contributed by atoms with Crippen LogP contribution in [0, 0.1) is 0 Å². The molecule has 0 saturated heterocycles. The highest BCUT2D eigenvalue weighted by Gasteiger charge is 2.44. The Morgan fingerprint density at radius 2 is 1.69 bits per heavy atom. The fraction of sp³-hybridized carbons (Fsp3) is 0.324. The number of allylic oxidation sites excluding steroid dienone is 8. The van der Waals surface area contributed by atoms with Gasteiger partial charge in [-0.05, 0) is 62.7 Å². The van der Waals surface area contributed by atoms with Crippen LogP contribution in [0.3, 0.4) is 0 Å². The Morgan fingerprint density at radius 3 is 2.33 bits per heavy atom. The van der Waals surface area contributed by atoms with Crippen molar-refractivity contribution in [3.8, 4) is 0 Å². The number of rotatable bonds is 14. The van der Waals surface area contributed by atoms with E-state index in [4.69, 9.17) is 5.26 Å². The van der Waals surface area contributed by atoms with Gasteiger partial charge in [0.1, 0.15) is 6.42 Å². The maximum atomic E-state index is 11.8. The van der Waals surface area contributed by atoms with Crippen molar-refractivity contribution in [1.82, 2.24) is 0 Å². The molecule has 4 N–H and O–H groups in total. The monoisotopic (exact) mass is 699 g/mol. The second kappa shape index (κ2) is 14.6. The molecule has 0 unspecified atom stereocenters. The van der Waals surface area contributed by atoms with Crippen molar-refractivity contribution < 1.29 is 52.0 Å². The smallest absolute Gasteiger partial charge is 0.309 e. The average Bonchev–Trinajstić information content (AvgIpc) is 3.35. The number of anilines is 1. The molecule has 2 aliphatic heterocycles. The fourth-order valence-electron chi connectivity index (χ4n) is 6.11. The van der Waals surface area contributed by atoms with Crippen LogP contribution in [0.2, 0.25) is 0 Å². The van der Waals surface area contributed by atoms with Gasteiger partial charge in [-0.15, -0.1) is 4.33 Å². The summed E-state index contributed by atoms with van der Waals surface area (Å²) >= 11 is 0.851. The van der Waals surface area contributed by atoms with Gasteiger partial charge in [0.2, 0.25) is 5.69 Å². The molecule has 0 aliphatic carbocycles. The van der Waals surface area contributed by atoms with Gasteiger partial charge in [0, 0.05) is 45.9 Å². The number of aliphatic carboxylic acids is 2. The summed E-state index contributed by atoms with van der Waals surface area (Å²) in [6.07, 6.45) is 11.2. The molecule has 2 aromatic carbocycles. The van der Waals surface area contributed by atoms with Crippen LogP contribution >= 0.6 is 12.0 Å². The first-order valence-electron chi connectivity index (χ1n) is 15.0. The third-order valence-corrected chi connectivity index (χ3v) is 9.94. The molecule has 2 aliphatic rings. The van der Waals surface area contributed by atoms with E-state index in [1.165, 1.54) is 12.1 Å². The van der Waals surface area contributed by atoms with Crippen LogP contribution < -0.4 is 4.90 Å². The molecule has 0 atom stereocenters. The highest BCUT2D eigenvalue weighted by Crippen LogP contribution is 2.48. The first-order chi connectivity index (χ1) is 22.5. The number of carbonyl (C=O) groups is 2. The van der Waals surface area contributed by atoms with Crippen LogP contribution in [0.1, 0.15) is 58.6 Å². The second-order valence-corrected chi connectivity index (χ2v) is 14.7. The number of carboxylic acid groups (broad SMARTS) is 2. The zero-order chi connectivity index (χ0) is 35.4. The average molecular weight is 700 g/mol. The molecular formula is C34H39N2O10S2+. The van der Waals surface area contributed by atoms with Crippen molar-refractivity contribution in [3.63, 3.8) is 0 Å². The molecule has 2 aromatic rings. The lowest BCUT2D eigenvalue weighted by Gasteiger charge is -2.26. The second-order valence-electron chi connectivity index (χ2n) is 12.5. The molecule has 0 saturated carbocycles. The SMILES string of the molecule is CC(/C=C/C=C1/N(CCC(=O)O)c2ccc(S(=O)(=O)O)cc2C1(C)C)=C\C=C\C1=[N+](CCC(=O)O)c2ccc(SOOO)cc2C1(C)C. The molecule has 4 rings (SSSR count). The predicted molar refractivity (Wildman–Crippen MR) is 181 cm³/mol. The fourth-order valence-corrected chi connectivity index (χ4v) is 7.02. The highest BCUT2D eigenvalue weighted by atomic mass is 32.2. The summed E-state index contributed by atoms with van der Waals surface area (Å²) in [5.41, 5.74) is 4.56. The first kappa shape index (κ1) is 36.8. The zero-order valence-electron chi connectivity index (χ0n) is 27.2. The molecule has 2 heterocycles. The number of benzene rings is 2. The maximum absolute atomic E-state index is 11.8. The Balaban J connectivity index is 1.63. The van der Waals surface area contributed by atoms with Crippen LogP contribution in [0.15, 0.2) is 93.9 Å². The van der Waals surface area contributed by atoms with E-state index in [1.807, 2.05) is 92.7 Å². The number of hydrogen-bond donors (Lipinski definition) is 4. The van der Waals surface area contributed by atoms with Crippen molar-refractivity contribution in [2.24, 2.45) is 0 Å². The van der Waals surface area contributed by atoms with Crippen LogP contribution in [0.5, 0.6) is 0 Å². The zero-order valence-corrected chi connectivity index (χ0v) is 28.8. The minimum absolute atomic E-state index is 0.0576. The normalized spacial score (nSPS) is 17.9. The maximum Gasteiger partial charge on any atom is 0.309 e. The van der Waals surface area contributed by atoms with Gasteiger partial charge in [-0.1, -0.05) is 48.8 Å². The van der Waals surface area contributed by atoms with Gasteiger partial charge in [-0.2, -0.15) is 13.0 Å². The van der Waals surface area contributed by atoms with Crippen molar-refractivity contribution in [3.05, 3.63) is 95.3 Å². The van der Waals surface area contributed by atoms with Gasteiger partial charge in [-0.3, -0.25) is 14.1 Å². The van der Waals surface area contributed by atoms with Gasteiger partial charge in [0.05, 0.1) is 28.8 Å². The van der Waals surface area contributed by atoms with E-state index < -0.39 is 32.9 Å². The van der Waals surface area contributed by atoms with E-state index in [-0.39, 0.29) is 30.8 Å². The Kier molecular flexibility index (Phi) is 11.2. The van der Waals surface area contributed by atoms with Crippen molar-refractivity contribution in [1.29, 1.82) is 0 Å². The van der Waals surface area contributed by atoms with E-state index in [0.717, 1.165) is 40.3 Å². The minimum atomic E-state index is -4.43. The molecular weight excluding hydrogens is 661 g/mol. The number of hydrogen-bond acceptors (Lipinski definition) is 9. The summed E-state index contributed by atoms with van der Waals surface area (Å²) in [5.74, 6) is -1.87. The molecule has 0 fully saturated rings. The lowest BCUT2D eigenvalue weighted by molar-refractivity contribution is -0.436. The van der Waals surface area contributed by atoms with E-state index >= 15 is 0 Å². The summed E-state index contributed by atoms with van der Waals surface area (Å²) in [4.78, 5) is 25.2. The predicted octanol–water partition coefficient (Wildman–Crippen LogP) is 6.43. The first-order valence-corrected chi connectivity index (χ1v) is 17.2. The number of fused-ring (bicyclic) bond motifs is 2. The Morgan fingerprint density at radius 1 is 0.979 bits per heavy atom. The van der Waals surface area contributed by atoms with E-state index in [1.54, 1.807) is 12.1 Å². The van der Waals surface area contributed by atoms with Gasteiger partial charge < -0.3 is 15.1 Å². The van der Waals surface area contributed by atoms with E-state index in [2.05, 4.69) is 9.37 Å². The molecule has 12 nitrogen and oxygen atoms in total. The van der Waals surface area contributed by atoms with Crippen LogP contribution in [-0.2, 0) is 39.9 Å². The summed E-state index contributed by atoms with van der Waals surface area (Å²) in [6.45, 7) is 10.3. The van der Waals surface area contributed by atoms with Gasteiger partial charge in [0.15, 0.2) is 12.3 Å². The van der Waals surface area contributed by atoms with Crippen molar-refractivity contribution >= 4 is 51.2 Å². The van der Waals surface area contributed by atoms with Gasteiger partial charge in [0.25, 0.3) is 10.1 Å². The van der Waals surface area contributed by atoms with Crippen LogP contribution in [0.4, 0.5) is 11.4 Å². The molecule has 48 heavy (non-hydrogen) atoms. The molecule has 0 aromatic heterocycles. The van der Waals surface area contributed by atoms with Gasteiger partial charge in [-0.25, -0.2) is 5.26 Å².